The van der Waals surface area contributed by atoms with E-state index in [4.69, 9.17) is 9.15 Å². The highest BCUT2D eigenvalue weighted by molar-refractivity contribution is 5.42. The van der Waals surface area contributed by atoms with Gasteiger partial charge >= 0.3 is 0 Å². The number of ether oxygens (including phenoxy) is 1. The van der Waals surface area contributed by atoms with Crippen LogP contribution in [0.1, 0.15) is 29.7 Å². The molecule has 0 aliphatic heterocycles. The van der Waals surface area contributed by atoms with Crippen molar-refractivity contribution in [2.45, 2.75) is 24.9 Å². The van der Waals surface area contributed by atoms with Crippen molar-refractivity contribution in [2.24, 2.45) is 0 Å². The van der Waals surface area contributed by atoms with Gasteiger partial charge in [-0.3, -0.25) is 0 Å². The molecule has 1 aromatic heterocycles. The summed E-state index contributed by atoms with van der Waals surface area (Å²) >= 11 is 0. The second-order valence-corrected chi connectivity index (χ2v) is 4.82. The Morgan fingerprint density at radius 2 is 2.16 bits per heavy atom. The van der Waals surface area contributed by atoms with Gasteiger partial charge < -0.3 is 14.3 Å². The minimum Gasteiger partial charge on any atom is -0.497 e. The molecule has 1 aromatic carbocycles. The fourth-order valence-electron chi connectivity index (χ4n) is 2.78. The molecule has 0 radical (unpaired) electrons. The van der Waals surface area contributed by atoms with E-state index in [2.05, 4.69) is 0 Å². The van der Waals surface area contributed by atoms with Crippen molar-refractivity contribution in [3.8, 4) is 5.75 Å². The molecule has 0 fully saturated rings. The van der Waals surface area contributed by atoms with Crippen LogP contribution in [-0.4, -0.2) is 12.2 Å². The summed E-state index contributed by atoms with van der Waals surface area (Å²) in [6.07, 6.45) is 3.58. The van der Waals surface area contributed by atoms with Crippen molar-refractivity contribution in [2.75, 3.05) is 7.11 Å². The van der Waals surface area contributed by atoms with Crippen LogP contribution in [0.5, 0.6) is 5.75 Å². The highest BCUT2D eigenvalue weighted by Crippen LogP contribution is 2.42. The van der Waals surface area contributed by atoms with Crippen LogP contribution in [0.15, 0.2) is 34.9 Å². The maximum absolute atomic E-state index is 14.2. The smallest absolute Gasteiger partial charge is 0.133 e. The lowest BCUT2D eigenvalue weighted by Gasteiger charge is -2.32. The standard InChI is InChI=1S/C15H15FO3/c1-18-10-4-5-11(13(16)9-10)15(17)7-2-3-14-12(15)6-8-19-14/h4-6,8-9,17H,2-3,7H2,1H3. The fraction of sp³-hybridized carbons (Fsp3) is 0.333. The SMILES string of the molecule is COc1ccc(C2(O)CCCc3occc32)c(F)c1. The third-order valence-electron chi connectivity index (χ3n) is 3.76. The van der Waals surface area contributed by atoms with E-state index in [9.17, 15) is 9.50 Å². The van der Waals surface area contributed by atoms with Crippen LogP contribution >= 0.6 is 0 Å². The maximum atomic E-state index is 14.2. The molecule has 1 N–H and O–H groups in total. The van der Waals surface area contributed by atoms with Crippen molar-refractivity contribution < 1.29 is 18.7 Å². The molecular weight excluding hydrogens is 247 g/mol. The first-order chi connectivity index (χ1) is 9.15. The van der Waals surface area contributed by atoms with E-state index in [0.29, 0.717) is 17.7 Å². The van der Waals surface area contributed by atoms with Crippen LogP contribution in [0, 0.1) is 5.82 Å². The van der Waals surface area contributed by atoms with Crippen LogP contribution in [-0.2, 0) is 12.0 Å². The Morgan fingerprint density at radius 3 is 2.89 bits per heavy atom. The Kier molecular flexibility index (Phi) is 2.82. The normalized spacial score (nSPS) is 22.1. The zero-order valence-corrected chi connectivity index (χ0v) is 10.6. The summed E-state index contributed by atoms with van der Waals surface area (Å²) in [6.45, 7) is 0. The minimum absolute atomic E-state index is 0.274. The molecule has 4 heteroatoms. The number of halogens is 1. The number of rotatable bonds is 2. The zero-order chi connectivity index (χ0) is 13.5. The lowest BCUT2D eigenvalue weighted by molar-refractivity contribution is 0.0552. The molecule has 3 nitrogen and oxygen atoms in total. The highest BCUT2D eigenvalue weighted by atomic mass is 19.1. The molecule has 1 atom stereocenters. The number of fused-ring (bicyclic) bond motifs is 1. The molecule has 3 rings (SSSR count). The Labute approximate surface area is 110 Å². The molecule has 0 saturated carbocycles. The Bertz CT molecular complexity index is 605. The highest BCUT2D eigenvalue weighted by Gasteiger charge is 2.39. The van der Waals surface area contributed by atoms with Crippen molar-refractivity contribution >= 4 is 0 Å². The van der Waals surface area contributed by atoms with Crippen molar-refractivity contribution in [1.29, 1.82) is 0 Å². The van der Waals surface area contributed by atoms with Crippen molar-refractivity contribution in [1.82, 2.24) is 0 Å². The molecule has 1 aliphatic rings. The van der Waals surface area contributed by atoms with E-state index < -0.39 is 11.4 Å². The van der Waals surface area contributed by atoms with Gasteiger partial charge in [0.15, 0.2) is 0 Å². The maximum Gasteiger partial charge on any atom is 0.133 e. The number of aliphatic hydroxyl groups is 1. The van der Waals surface area contributed by atoms with Crippen molar-refractivity contribution in [3.63, 3.8) is 0 Å². The van der Waals surface area contributed by atoms with E-state index in [1.165, 1.54) is 13.2 Å². The first-order valence-electron chi connectivity index (χ1n) is 6.28. The average molecular weight is 262 g/mol. The van der Waals surface area contributed by atoms with E-state index in [1.54, 1.807) is 24.5 Å². The molecular formula is C15H15FO3. The number of benzene rings is 1. The first kappa shape index (κ1) is 12.2. The molecule has 1 heterocycles. The predicted molar refractivity (Wildman–Crippen MR) is 67.6 cm³/mol. The third kappa shape index (κ3) is 1.83. The molecule has 100 valence electrons. The molecule has 1 unspecified atom stereocenters. The zero-order valence-electron chi connectivity index (χ0n) is 10.6. The van der Waals surface area contributed by atoms with Crippen LogP contribution in [0.2, 0.25) is 0 Å². The summed E-state index contributed by atoms with van der Waals surface area (Å²) in [5.74, 6) is 0.716. The van der Waals surface area contributed by atoms with E-state index in [1.807, 2.05) is 0 Å². The molecule has 2 aromatic rings. The lowest BCUT2D eigenvalue weighted by Crippen LogP contribution is -2.32. The van der Waals surface area contributed by atoms with Gasteiger partial charge in [-0.05, 0) is 31.0 Å². The largest absolute Gasteiger partial charge is 0.497 e. The third-order valence-corrected chi connectivity index (χ3v) is 3.76. The molecule has 1 aliphatic carbocycles. The van der Waals surface area contributed by atoms with Crippen LogP contribution in [0.3, 0.4) is 0 Å². The Balaban J connectivity index is 2.12. The molecule has 0 spiro atoms. The van der Waals surface area contributed by atoms with Gasteiger partial charge in [-0.15, -0.1) is 0 Å². The fourth-order valence-corrected chi connectivity index (χ4v) is 2.78. The summed E-state index contributed by atoms with van der Waals surface area (Å²) in [7, 11) is 1.48. The lowest BCUT2D eigenvalue weighted by atomic mass is 9.78. The molecule has 0 bridgehead atoms. The monoisotopic (exact) mass is 262 g/mol. The number of hydrogen-bond donors (Lipinski definition) is 1. The first-order valence-corrected chi connectivity index (χ1v) is 6.28. The summed E-state index contributed by atoms with van der Waals surface area (Å²) in [5, 5.41) is 10.9. The van der Waals surface area contributed by atoms with Gasteiger partial charge in [0, 0.05) is 23.6 Å². The van der Waals surface area contributed by atoms with Gasteiger partial charge in [0.25, 0.3) is 0 Å². The molecule has 0 saturated heterocycles. The van der Waals surface area contributed by atoms with Gasteiger partial charge in [0.05, 0.1) is 13.4 Å². The van der Waals surface area contributed by atoms with Crippen molar-refractivity contribution in [3.05, 3.63) is 53.2 Å². The Morgan fingerprint density at radius 1 is 1.32 bits per heavy atom. The number of furan rings is 1. The van der Waals surface area contributed by atoms with Gasteiger partial charge in [0.1, 0.15) is 22.9 Å². The summed E-state index contributed by atoms with van der Waals surface area (Å²) in [5.41, 5.74) is -0.366. The summed E-state index contributed by atoms with van der Waals surface area (Å²) in [6, 6.07) is 6.25. The second-order valence-electron chi connectivity index (χ2n) is 4.82. The van der Waals surface area contributed by atoms with Crippen LogP contribution < -0.4 is 4.74 Å². The van der Waals surface area contributed by atoms with E-state index >= 15 is 0 Å². The van der Waals surface area contributed by atoms with E-state index in [0.717, 1.165) is 18.6 Å². The van der Waals surface area contributed by atoms with Gasteiger partial charge in [-0.1, -0.05) is 0 Å². The molecule has 0 amide bonds. The second kappa shape index (κ2) is 4.38. The topological polar surface area (TPSA) is 42.6 Å². The minimum atomic E-state index is -1.31. The van der Waals surface area contributed by atoms with Crippen LogP contribution in [0.25, 0.3) is 0 Å². The summed E-state index contributed by atoms with van der Waals surface area (Å²) in [4.78, 5) is 0. The summed E-state index contributed by atoms with van der Waals surface area (Å²) < 4.78 is 24.5. The van der Waals surface area contributed by atoms with Crippen LogP contribution in [0.4, 0.5) is 4.39 Å². The van der Waals surface area contributed by atoms with Gasteiger partial charge in [-0.25, -0.2) is 4.39 Å². The number of methoxy groups -OCH3 is 1. The van der Waals surface area contributed by atoms with E-state index in [-0.39, 0.29) is 5.56 Å². The molecule has 19 heavy (non-hydrogen) atoms. The van der Waals surface area contributed by atoms with Gasteiger partial charge in [-0.2, -0.15) is 0 Å². The quantitative estimate of drug-likeness (QED) is 0.904. The average Bonchev–Trinajstić information content (AvgIpc) is 2.88. The number of hydrogen-bond acceptors (Lipinski definition) is 3. The predicted octanol–water partition coefficient (Wildman–Crippen LogP) is 3.00. The number of aryl methyl sites for hydroxylation is 1. The van der Waals surface area contributed by atoms with Gasteiger partial charge in [0.2, 0.25) is 0 Å². The Hall–Kier alpha value is -1.81.